The lowest BCUT2D eigenvalue weighted by Crippen LogP contribution is -2.43. The van der Waals surface area contributed by atoms with E-state index in [-0.39, 0.29) is 12.5 Å². The number of halogens is 1. The quantitative estimate of drug-likeness (QED) is 0.504. The number of carbonyl (C=O) groups excluding carboxylic acids is 4. The molecule has 4 amide bonds. The predicted octanol–water partition coefficient (Wildman–Crippen LogP) is 4.24. The minimum Gasteiger partial charge on any atom is -0.465 e. The van der Waals surface area contributed by atoms with Crippen LogP contribution in [0.1, 0.15) is 42.5 Å². The summed E-state index contributed by atoms with van der Waals surface area (Å²) in [6.45, 7) is 0. The second-order valence-corrected chi connectivity index (χ2v) is 8.55. The van der Waals surface area contributed by atoms with Crippen molar-refractivity contribution in [2.24, 2.45) is 0 Å². The van der Waals surface area contributed by atoms with Crippen LogP contribution < -0.4 is 10.2 Å². The van der Waals surface area contributed by atoms with Gasteiger partial charge in [0.05, 0.1) is 24.8 Å². The van der Waals surface area contributed by atoms with Gasteiger partial charge >= 0.3 is 12.0 Å². The number of hydrogen-bond acceptors (Lipinski definition) is 5. The zero-order valence-corrected chi connectivity index (χ0v) is 18.9. The van der Waals surface area contributed by atoms with Gasteiger partial charge in [-0.15, -0.1) is 0 Å². The van der Waals surface area contributed by atoms with E-state index < -0.39 is 29.9 Å². The largest absolute Gasteiger partial charge is 0.465 e. The zero-order chi connectivity index (χ0) is 23.5. The Labute approximate surface area is 196 Å². The van der Waals surface area contributed by atoms with Gasteiger partial charge in [0.15, 0.2) is 0 Å². The molecule has 1 aliphatic carbocycles. The van der Waals surface area contributed by atoms with Gasteiger partial charge in [0.25, 0.3) is 5.91 Å². The molecule has 2 fully saturated rings. The summed E-state index contributed by atoms with van der Waals surface area (Å²) >= 11 is 5.96. The first-order valence-electron chi connectivity index (χ1n) is 10.8. The maximum atomic E-state index is 13.3. The predicted molar refractivity (Wildman–Crippen MR) is 123 cm³/mol. The van der Waals surface area contributed by atoms with Gasteiger partial charge < -0.3 is 15.0 Å². The molecule has 2 aliphatic rings. The molecular weight excluding hydrogens is 446 g/mol. The third kappa shape index (κ3) is 4.71. The van der Waals surface area contributed by atoms with E-state index in [4.69, 9.17) is 11.6 Å². The number of benzene rings is 2. The summed E-state index contributed by atoms with van der Waals surface area (Å²) in [6.07, 6.45) is 3.41. The highest BCUT2D eigenvalue weighted by molar-refractivity contribution is 6.30. The first kappa shape index (κ1) is 22.8. The molecule has 2 aromatic rings. The maximum absolute atomic E-state index is 13.3. The molecule has 0 spiro atoms. The van der Waals surface area contributed by atoms with Crippen molar-refractivity contribution in [3.8, 4) is 0 Å². The van der Waals surface area contributed by atoms with Gasteiger partial charge in [-0.3, -0.25) is 9.59 Å². The van der Waals surface area contributed by atoms with E-state index in [1.54, 1.807) is 53.4 Å². The molecule has 0 bridgehead atoms. The molecular formula is C24H24ClN3O5. The molecule has 1 atom stereocenters. The summed E-state index contributed by atoms with van der Waals surface area (Å²) in [7, 11) is 1.29. The number of carbonyl (C=O) groups is 4. The van der Waals surface area contributed by atoms with Gasteiger partial charge in [0.1, 0.15) is 6.04 Å². The molecule has 1 saturated heterocycles. The Bertz CT molecular complexity index is 1060. The van der Waals surface area contributed by atoms with Gasteiger partial charge in [-0.05, 0) is 61.4 Å². The smallest absolute Gasteiger partial charge is 0.337 e. The van der Waals surface area contributed by atoms with E-state index in [0.717, 1.165) is 30.6 Å². The molecule has 0 radical (unpaired) electrons. The lowest BCUT2D eigenvalue weighted by Gasteiger charge is -2.27. The average Bonchev–Trinajstić information content (AvgIpc) is 3.41. The topological polar surface area (TPSA) is 96.0 Å². The summed E-state index contributed by atoms with van der Waals surface area (Å²) in [4.78, 5) is 53.7. The van der Waals surface area contributed by atoms with Crippen molar-refractivity contribution in [3.63, 3.8) is 0 Å². The van der Waals surface area contributed by atoms with Crippen LogP contribution in [0.2, 0.25) is 5.02 Å². The van der Waals surface area contributed by atoms with Crippen molar-refractivity contribution in [2.75, 3.05) is 17.3 Å². The summed E-state index contributed by atoms with van der Waals surface area (Å²) in [5.41, 5.74) is 1.27. The third-order valence-electron chi connectivity index (χ3n) is 6.02. The molecule has 33 heavy (non-hydrogen) atoms. The lowest BCUT2D eigenvalue weighted by atomic mass is 10.1. The Morgan fingerprint density at radius 3 is 2.27 bits per heavy atom. The van der Waals surface area contributed by atoms with Gasteiger partial charge in [-0.25, -0.2) is 14.5 Å². The second-order valence-electron chi connectivity index (χ2n) is 8.12. The van der Waals surface area contributed by atoms with Gasteiger partial charge in [0, 0.05) is 16.8 Å². The molecule has 4 rings (SSSR count). The normalized spacial score (nSPS) is 18.7. The summed E-state index contributed by atoms with van der Waals surface area (Å²) in [5.74, 6) is -1.30. The first-order chi connectivity index (χ1) is 15.9. The monoisotopic (exact) mass is 469 g/mol. The number of hydrogen-bond donors (Lipinski definition) is 1. The third-order valence-corrected chi connectivity index (χ3v) is 6.28. The number of ether oxygens (including phenoxy) is 1. The number of nitrogens with zero attached hydrogens (tertiary/aromatic N) is 2. The Balaban J connectivity index is 1.52. The fourth-order valence-electron chi connectivity index (χ4n) is 4.41. The van der Waals surface area contributed by atoms with Gasteiger partial charge in [-0.1, -0.05) is 24.4 Å². The summed E-state index contributed by atoms with van der Waals surface area (Å²) in [6, 6.07) is 11.4. The van der Waals surface area contributed by atoms with Crippen molar-refractivity contribution >= 4 is 46.8 Å². The number of imide groups is 1. The van der Waals surface area contributed by atoms with E-state index in [0.29, 0.717) is 22.0 Å². The lowest BCUT2D eigenvalue weighted by molar-refractivity contribution is -0.124. The summed E-state index contributed by atoms with van der Waals surface area (Å²) < 4.78 is 4.67. The number of methoxy groups -OCH3 is 1. The molecule has 2 aromatic carbocycles. The van der Waals surface area contributed by atoms with Gasteiger partial charge in [0.2, 0.25) is 5.91 Å². The highest BCUT2D eigenvalue weighted by Crippen LogP contribution is 2.34. The molecule has 1 saturated carbocycles. The van der Waals surface area contributed by atoms with E-state index in [1.807, 2.05) is 0 Å². The van der Waals surface area contributed by atoms with Crippen LogP contribution in [0.25, 0.3) is 0 Å². The molecule has 172 valence electrons. The number of amides is 4. The molecule has 9 heteroatoms. The van der Waals surface area contributed by atoms with E-state index in [1.165, 1.54) is 7.11 Å². The van der Waals surface area contributed by atoms with E-state index >= 15 is 0 Å². The van der Waals surface area contributed by atoms with Crippen LogP contribution in [-0.2, 0) is 14.3 Å². The number of esters is 1. The highest BCUT2D eigenvalue weighted by Gasteiger charge is 2.49. The van der Waals surface area contributed by atoms with Crippen LogP contribution in [0.3, 0.4) is 0 Å². The zero-order valence-electron chi connectivity index (χ0n) is 18.1. The van der Waals surface area contributed by atoms with Crippen molar-refractivity contribution < 1.29 is 23.9 Å². The molecule has 1 N–H and O–H groups in total. The molecule has 0 aromatic heterocycles. The number of nitrogens with one attached hydrogen (secondary N) is 1. The molecule has 0 unspecified atom stereocenters. The van der Waals surface area contributed by atoms with Crippen molar-refractivity contribution in [1.29, 1.82) is 0 Å². The second kappa shape index (κ2) is 9.62. The number of urea groups is 1. The minimum atomic E-state index is -0.884. The number of rotatable bonds is 6. The SMILES string of the molecule is COC(=O)c1ccc(NC(=O)C[C@H]2C(=O)N(c3ccc(Cl)cc3)C(=O)N2C2CCCC2)cc1. The molecule has 1 aliphatic heterocycles. The number of anilines is 2. The van der Waals surface area contributed by atoms with Crippen LogP contribution in [0.4, 0.5) is 16.2 Å². The average molecular weight is 470 g/mol. The van der Waals surface area contributed by atoms with E-state index in [2.05, 4.69) is 10.1 Å². The van der Waals surface area contributed by atoms with Crippen LogP contribution in [0.5, 0.6) is 0 Å². The Kier molecular flexibility index (Phi) is 6.65. The minimum absolute atomic E-state index is 0.0733. The Morgan fingerprint density at radius 1 is 1.03 bits per heavy atom. The fraction of sp³-hybridized carbons (Fsp3) is 0.333. The first-order valence-corrected chi connectivity index (χ1v) is 11.2. The highest BCUT2D eigenvalue weighted by atomic mass is 35.5. The summed E-state index contributed by atoms with van der Waals surface area (Å²) in [5, 5.41) is 3.24. The van der Waals surface area contributed by atoms with Crippen LogP contribution in [0.15, 0.2) is 48.5 Å². The van der Waals surface area contributed by atoms with Crippen molar-refractivity contribution in [1.82, 2.24) is 4.90 Å². The Morgan fingerprint density at radius 2 is 1.67 bits per heavy atom. The standard InChI is InChI=1S/C24H24ClN3O5/c1-33-23(31)15-6-10-17(11-7-15)26-21(29)14-20-22(30)28(19-12-8-16(25)9-13-19)24(32)27(20)18-4-2-3-5-18/h6-13,18,20H,2-5,14H2,1H3,(H,26,29)/t20-/m0/s1. The van der Waals surface area contributed by atoms with Crippen LogP contribution >= 0.6 is 11.6 Å². The fourth-order valence-corrected chi connectivity index (χ4v) is 4.54. The van der Waals surface area contributed by atoms with Crippen molar-refractivity contribution in [2.45, 2.75) is 44.2 Å². The maximum Gasteiger partial charge on any atom is 0.337 e. The Hall–Kier alpha value is -3.39. The molecule has 1 heterocycles. The van der Waals surface area contributed by atoms with Crippen LogP contribution in [0, 0.1) is 0 Å². The molecule has 8 nitrogen and oxygen atoms in total. The van der Waals surface area contributed by atoms with E-state index in [9.17, 15) is 19.2 Å². The van der Waals surface area contributed by atoms with Crippen molar-refractivity contribution in [3.05, 3.63) is 59.1 Å². The van der Waals surface area contributed by atoms with Gasteiger partial charge in [-0.2, -0.15) is 0 Å². The van der Waals surface area contributed by atoms with Crippen LogP contribution in [-0.4, -0.2) is 47.9 Å².